The Morgan fingerprint density at radius 2 is 2.05 bits per heavy atom. The van der Waals surface area contributed by atoms with Crippen LogP contribution in [0, 0.1) is 11.8 Å². The molecule has 3 nitrogen and oxygen atoms in total. The summed E-state index contributed by atoms with van der Waals surface area (Å²) < 4.78 is 3.13. The third-order valence-electron chi connectivity index (χ3n) is 4.42. The number of aliphatic hydroxyl groups is 1. The van der Waals surface area contributed by atoms with Crippen LogP contribution in [0.25, 0.3) is 0 Å². The Kier molecular flexibility index (Phi) is 4.41. The van der Waals surface area contributed by atoms with E-state index in [1.165, 1.54) is 0 Å². The summed E-state index contributed by atoms with van der Waals surface area (Å²) in [6.45, 7) is 9.56. The number of nitrogens with zero attached hydrogens (tertiary/aromatic N) is 2. The van der Waals surface area contributed by atoms with Gasteiger partial charge in [0, 0.05) is 13.0 Å². The molecule has 1 aliphatic rings. The van der Waals surface area contributed by atoms with E-state index in [0.717, 1.165) is 48.1 Å². The first kappa shape index (κ1) is 15.0. The van der Waals surface area contributed by atoms with Crippen LogP contribution in [0.5, 0.6) is 0 Å². The largest absolute Gasteiger partial charge is 0.389 e. The van der Waals surface area contributed by atoms with Crippen LogP contribution in [0.15, 0.2) is 4.47 Å². The van der Waals surface area contributed by atoms with Crippen molar-refractivity contribution in [3.63, 3.8) is 0 Å². The van der Waals surface area contributed by atoms with Gasteiger partial charge in [-0.3, -0.25) is 4.68 Å². The lowest BCUT2D eigenvalue weighted by atomic mass is 9.64. The van der Waals surface area contributed by atoms with Crippen molar-refractivity contribution in [3.8, 4) is 0 Å². The lowest BCUT2D eigenvalue weighted by Crippen LogP contribution is -2.47. The number of aryl methyl sites for hydroxylation is 2. The van der Waals surface area contributed by atoms with Gasteiger partial charge in [0.15, 0.2) is 0 Å². The molecule has 0 atom stereocenters. The van der Waals surface area contributed by atoms with E-state index < -0.39 is 5.60 Å². The van der Waals surface area contributed by atoms with Crippen molar-refractivity contribution in [2.75, 3.05) is 0 Å². The maximum atomic E-state index is 10.6. The predicted molar refractivity (Wildman–Crippen MR) is 81.2 cm³/mol. The highest BCUT2D eigenvalue weighted by Crippen LogP contribution is 2.44. The Morgan fingerprint density at radius 1 is 1.42 bits per heavy atom. The lowest BCUT2D eigenvalue weighted by Gasteiger charge is -2.46. The van der Waals surface area contributed by atoms with Crippen LogP contribution in [0.2, 0.25) is 0 Å². The van der Waals surface area contributed by atoms with Gasteiger partial charge in [-0.1, -0.05) is 20.8 Å². The molecular formula is C15H25BrN2O. The summed E-state index contributed by atoms with van der Waals surface area (Å²) in [7, 11) is 0. The van der Waals surface area contributed by atoms with E-state index >= 15 is 0 Å². The molecule has 1 aromatic rings. The molecule has 0 bridgehead atoms. The van der Waals surface area contributed by atoms with Crippen molar-refractivity contribution in [2.24, 2.45) is 11.8 Å². The monoisotopic (exact) mass is 328 g/mol. The second-order valence-corrected chi connectivity index (χ2v) is 6.98. The van der Waals surface area contributed by atoms with Gasteiger partial charge in [0.2, 0.25) is 0 Å². The summed E-state index contributed by atoms with van der Waals surface area (Å²) in [4.78, 5) is 0. The van der Waals surface area contributed by atoms with Crippen LogP contribution in [0.4, 0.5) is 0 Å². The van der Waals surface area contributed by atoms with Gasteiger partial charge in [-0.05, 0) is 54.0 Å². The van der Waals surface area contributed by atoms with E-state index in [1.54, 1.807) is 0 Å². The van der Waals surface area contributed by atoms with Crippen LogP contribution in [0.1, 0.15) is 51.9 Å². The van der Waals surface area contributed by atoms with Crippen molar-refractivity contribution in [3.05, 3.63) is 15.9 Å². The van der Waals surface area contributed by atoms with E-state index in [-0.39, 0.29) is 0 Å². The molecule has 0 amide bonds. The fourth-order valence-electron chi connectivity index (χ4n) is 3.03. The summed E-state index contributed by atoms with van der Waals surface area (Å²) in [5, 5.41) is 15.2. The van der Waals surface area contributed by atoms with Crippen molar-refractivity contribution in [1.82, 2.24) is 9.78 Å². The molecule has 1 aliphatic carbocycles. The summed E-state index contributed by atoms with van der Waals surface area (Å²) >= 11 is 3.66. The molecule has 1 saturated carbocycles. The minimum absolute atomic E-state index is 0.518. The van der Waals surface area contributed by atoms with Gasteiger partial charge < -0.3 is 5.11 Å². The molecule has 2 rings (SSSR count). The number of aromatic nitrogens is 2. The highest BCUT2D eigenvalue weighted by atomic mass is 79.9. The zero-order valence-electron chi connectivity index (χ0n) is 12.4. The Morgan fingerprint density at radius 3 is 2.53 bits per heavy atom. The lowest BCUT2D eigenvalue weighted by molar-refractivity contribution is -0.0872. The normalized spacial score (nSPS) is 26.8. The molecule has 0 radical (unpaired) electrons. The Bertz CT molecular complexity index is 447. The molecule has 1 aromatic heterocycles. The molecule has 0 unspecified atom stereocenters. The number of hydrogen-bond acceptors (Lipinski definition) is 2. The zero-order valence-corrected chi connectivity index (χ0v) is 14.0. The van der Waals surface area contributed by atoms with E-state index in [0.29, 0.717) is 11.8 Å². The molecular weight excluding hydrogens is 304 g/mol. The van der Waals surface area contributed by atoms with Crippen molar-refractivity contribution >= 4 is 15.9 Å². The number of hydrogen-bond donors (Lipinski definition) is 1. The fourth-order valence-corrected chi connectivity index (χ4v) is 3.73. The molecule has 0 aliphatic heterocycles. The maximum absolute atomic E-state index is 10.6. The van der Waals surface area contributed by atoms with E-state index in [1.807, 2.05) is 4.68 Å². The van der Waals surface area contributed by atoms with Gasteiger partial charge >= 0.3 is 0 Å². The Hall–Kier alpha value is -0.350. The van der Waals surface area contributed by atoms with Gasteiger partial charge in [-0.25, -0.2) is 0 Å². The SMILES string of the molecule is CCc1nn(CC)c(CC2(O)CC(C(C)C)C2)c1Br. The third-order valence-corrected chi connectivity index (χ3v) is 5.33. The molecule has 1 fully saturated rings. The number of halogens is 1. The van der Waals surface area contributed by atoms with E-state index in [2.05, 4.69) is 48.7 Å². The van der Waals surface area contributed by atoms with Gasteiger partial charge in [0.1, 0.15) is 0 Å². The molecule has 0 saturated heterocycles. The summed E-state index contributed by atoms with van der Waals surface area (Å²) in [5.74, 6) is 1.35. The second-order valence-electron chi connectivity index (χ2n) is 6.19. The Balaban J connectivity index is 2.14. The fraction of sp³-hybridized carbons (Fsp3) is 0.800. The van der Waals surface area contributed by atoms with E-state index in [9.17, 15) is 5.11 Å². The van der Waals surface area contributed by atoms with Crippen LogP contribution >= 0.6 is 15.9 Å². The average Bonchev–Trinajstić information content (AvgIpc) is 2.62. The molecule has 1 heterocycles. The third kappa shape index (κ3) is 2.89. The molecule has 0 spiro atoms. The maximum Gasteiger partial charge on any atom is 0.0766 e. The van der Waals surface area contributed by atoms with Crippen LogP contribution in [0.3, 0.4) is 0 Å². The summed E-state index contributed by atoms with van der Waals surface area (Å²) in [6, 6.07) is 0. The second kappa shape index (κ2) is 5.57. The first-order valence-electron chi connectivity index (χ1n) is 7.36. The first-order valence-corrected chi connectivity index (χ1v) is 8.16. The topological polar surface area (TPSA) is 38.0 Å². The minimum Gasteiger partial charge on any atom is -0.389 e. The van der Waals surface area contributed by atoms with Crippen molar-refractivity contribution in [1.29, 1.82) is 0 Å². The number of rotatable bonds is 5. The van der Waals surface area contributed by atoms with Crippen molar-refractivity contribution < 1.29 is 5.11 Å². The smallest absolute Gasteiger partial charge is 0.0766 e. The van der Waals surface area contributed by atoms with Crippen LogP contribution in [-0.2, 0) is 19.4 Å². The predicted octanol–water partition coefficient (Wildman–Crippen LogP) is 3.57. The molecule has 0 aromatic carbocycles. The standard InChI is InChI=1S/C15H25BrN2O/c1-5-12-14(16)13(18(6-2)17-12)9-15(19)7-11(8-15)10(3)4/h10-11,19H,5-9H2,1-4H3. The van der Waals surface area contributed by atoms with Crippen LogP contribution in [-0.4, -0.2) is 20.5 Å². The highest BCUT2D eigenvalue weighted by Gasteiger charge is 2.44. The average molecular weight is 329 g/mol. The van der Waals surface area contributed by atoms with Crippen molar-refractivity contribution in [2.45, 2.75) is 65.5 Å². The molecule has 19 heavy (non-hydrogen) atoms. The quantitative estimate of drug-likeness (QED) is 0.897. The molecule has 108 valence electrons. The van der Waals surface area contributed by atoms with E-state index in [4.69, 9.17) is 0 Å². The zero-order chi connectivity index (χ0) is 14.2. The minimum atomic E-state index is -0.518. The first-order chi connectivity index (χ1) is 8.90. The van der Waals surface area contributed by atoms with Crippen LogP contribution < -0.4 is 0 Å². The summed E-state index contributed by atoms with van der Waals surface area (Å²) in [5.41, 5.74) is 1.74. The van der Waals surface area contributed by atoms with Gasteiger partial charge in [-0.2, -0.15) is 5.10 Å². The molecule has 1 N–H and O–H groups in total. The van der Waals surface area contributed by atoms with Gasteiger partial charge in [0.05, 0.1) is 21.5 Å². The molecule has 4 heteroatoms. The highest BCUT2D eigenvalue weighted by molar-refractivity contribution is 9.10. The summed E-state index contributed by atoms with van der Waals surface area (Å²) in [6.07, 6.45) is 3.49. The van der Waals surface area contributed by atoms with Gasteiger partial charge in [0.25, 0.3) is 0 Å². The van der Waals surface area contributed by atoms with Gasteiger partial charge in [-0.15, -0.1) is 0 Å². The Labute approximate surface area is 124 Å².